The molecule has 0 aliphatic heterocycles. The van der Waals surface area contributed by atoms with E-state index < -0.39 is 5.41 Å². The minimum absolute atomic E-state index is 0.0305. The molecule has 1 amide bonds. The van der Waals surface area contributed by atoms with Gasteiger partial charge in [0, 0.05) is 24.8 Å². The van der Waals surface area contributed by atoms with Gasteiger partial charge in [-0.05, 0) is 39.5 Å². The molecule has 0 spiro atoms. The second-order valence-corrected chi connectivity index (χ2v) is 5.67. The quantitative estimate of drug-likeness (QED) is 0.863. The second-order valence-electron chi connectivity index (χ2n) is 5.67. The summed E-state index contributed by atoms with van der Waals surface area (Å²) in [4.78, 5) is 20.4. The fourth-order valence-corrected chi connectivity index (χ4v) is 2.40. The molecule has 1 aromatic heterocycles. The Kier molecular flexibility index (Phi) is 4.02. The molecule has 0 unspecified atom stereocenters. The lowest BCUT2D eigenvalue weighted by atomic mass is 9.91. The Labute approximate surface area is 114 Å². The van der Waals surface area contributed by atoms with E-state index in [0.717, 1.165) is 24.4 Å². The van der Waals surface area contributed by atoms with Crippen LogP contribution >= 0.6 is 0 Å². The third kappa shape index (κ3) is 3.03. The van der Waals surface area contributed by atoms with Crippen molar-refractivity contribution in [3.8, 4) is 0 Å². The van der Waals surface area contributed by atoms with Crippen molar-refractivity contribution in [2.75, 3.05) is 18.9 Å². The van der Waals surface area contributed by atoms with Crippen molar-refractivity contribution in [1.29, 1.82) is 0 Å². The summed E-state index contributed by atoms with van der Waals surface area (Å²) in [6.07, 6.45) is 6.06. The summed E-state index contributed by atoms with van der Waals surface area (Å²) >= 11 is 0. The van der Waals surface area contributed by atoms with E-state index in [-0.39, 0.29) is 5.91 Å². The first kappa shape index (κ1) is 13.8. The lowest BCUT2D eigenvalue weighted by molar-refractivity contribution is -0.128. The summed E-state index contributed by atoms with van der Waals surface area (Å²) < 4.78 is 0. The standard InChI is InChI=1S/C14H22N4O/c1-14(2,13(19)15-3)8-16-12-10-6-4-5-7-11(10)17-9-18-12/h9H,4-8H2,1-3H3,(H,15,19)(H,16,17,18). The Morgan fingerprint density at radius 1 is 1.32 bits per heavy atom. The van der Waals surface area contributed by atoms with Gasteiger partial charge in [-0.3, -0.25) is 4.79 Å². The smallest absolute Gasteiger partial charge is 0.227 e. The first-order valence-corrected chi connectivity index (χ1v) is 6.83. The van der Waals surface area contributed by atoms with Crippen LogP contribution in [0, 0.1) is 5.41 Å². The third-order valence-electron chi connectivity index (χ3n) is 3.66. The van der Waals surface area contributed by atoms with Gasteiger partial charge in [0.15, 0.2) is 0 Å². The number of carbonyl (C=O) groups is 1. The summed E-state index contributed by atoms with van der Waals surface area (Å²) in [7, 11) is 1.66. The van der Waals surface area contributed by atoms with Crippen molar-refractivity contribution in [3.05, 3.63) is 17.6 Å². The number of amides is 1. The summed E-state index contributed by atoms with van der Waals surface area (Å²) in [5, 5.41) is 6.01. The highest BCUT2D eigenvalue weighted by atomic mass is 16.2. The number of rotatable bonds is 4. The number of fused-ring (bicyclic) bond motifs is 1. The normalized spacial score (nSPS) is 14.7. The minimum Gasteiger partial charge on any atom is -0.369 e. The van der Waals surface area contributed by atoms with E-state index in [9.17, 15) is 4.79 Å². The van der Waals surface area contributed by atoms with E-state index in [4.69, 9.17) is 0 Å². The zero-order valence-electron chi connectivity index (χ0n) is 11.9. The van der Waals surface area contributed by atoms with Crippen LogP contribution in [0.15, 0.2) is 6.33 Å². The molecule has 1 heterocycles. The number of aryl methyl sites for hydroxylation is 1. The van der Waals surface area contributed by atoms with Gasteiger partial charge in [-0.1, -0.05) is 0 Å². The summed E-state index contributed by atoms with van der Waals surface area (Å²) in [5.74, 6) is 0.921. The van der Waals surface area contributed by atoms with Gasteiger partial charge in [-0.15, -0.1) is 0 Å². The van der Waals surface area contributed by atoms with Crippen molar-refractivity contribution in [1.82, 2.24) is 15.3 Å². The van der Waals surface area contributed by atoms with Crippen LogP contribution in [0.4, 0.5) is 5.82 Å². The van der Waals surface area contributed by atoms with E-state index in [1.54, 1.807) is 13.4 Å². The maximum absolute atomic E-state index is 11.8. The maximum atomic E-state index is 11.8. The Bertz CT molecular complexity index is 471. The molecule has 19 heavy (non-hydrogen) atoms. The Morgan fingerprint density at radius 2 is 2.05 bits per heavy atom. The Morgan fingerprint density at radius 3 is 2.79 bits per heavy atom. The maximum Gasteiger partial charge on any atom is 0.227 e. The first-order chi connectivity index (χ1) is 9.04. The van der Waals surface area contributed by atoms with Crippen LogP contribution in [0.25, 0.3) is 0 Å². The molecular weight excluding hydrogens is 240 g/mol. The minimum atomic E-state index is -0.457. The van der Waals surface area contributed by atoms with Gasteiger partial charge < -0.3 is 10.6 Å². The average Bonchev–Trinajstić information content (AvgIpc) is 2.44. The molecule has 1 aliphatic carbocycles. The largest absolute Gasteiger partial charge is 0.369 e. The molecule has 5 nitrogen and oxygen atoms in total. The van der Waals surface area contributed by atoms with E-state index >= 15 is 0 Å². The van der Waals surface area contributed by atoms with Gasteiger partial charge in [0.05, 0.1) is 5.41 Å². The van der Waals surface area contributed by atoms with Crippen LogP contribution in [-0.2, 0) is 17.6 Å². The molecule has 0 aromatic carbocycles. The molecule has 2 N–H and O–H groups in total. The molecule has 0 saturated heterocycles. The number of aromatic nitrogens is 2. The molecule has 0 bridgehead atoms. The molecule has 0 saturated carbocycles. The predicted octanol–water partition coefficient (Wildman–Crippen LogP) is 1.54. The summed E-state index contributed by atoms with van der Waals surface area (Å²) in [6, 6.07) is 0. The molecule has 2 rings (SSSR count). The predicted molar refractivity (Wildman–Crippen MR) is 75.0 cm³/mol. The van der Waals surface area contributed by atoms with Crippen molar-refractivity contribution < 1.29 is 4.79 Å². The van der Waals surface area contributed by atoms with E-state index in [2.05, 4.69) is 20.6 Å². The van der Waals surface area contributed by atoms with Gasteiger partial charge in [0.2, 0.25) is 5.91 Å². The first-order valence-electron chi connectivity index (χ1n) is 6.83. The number of nitrogens with one attached hydrogen (secondary N) is 2. The third-order valence-corrected chi connectivity index (χ3v) is 3.66. The van der Waals surface area contributed by atoms with Crippen LogP contribution in [0.1, 0.15) is 37.9 Å². The van der Waals surface area contributed by atoms with Crippen molar-refractivity contribution >= 4 is 11.7 Å². The summed E-state index contributed by atoms with van der Waals surface area (Å²) in [5.41, 5.74) is 1.92. The number of carbonyl (C=O) groups excluding carboxylic acids is 1. The number of nitrogens with zero attached hydrogens (tertiary/aromatic N) is 2. The number of hydrogen-bond donors (Lipinski definition) is 2. The Balaban J connectivity index is 2.10. The second kappa shape index (κ2) is 5.55. The Hall–Kier alpha value is -1.65. The van der Waals surface area contributed by atoms with E-state index in [0.29, 0.717) is 6.54 Å². The highest BCUT2D eigenvalue weighted by Crippen LogP contribution is 2.25. The van der Waals surface area contributed by atoms with Gasteiger partial charge >= 0.3 is 0 Å². The fraction of sp³-hybridized carbons (Fsp3) is 0.643. The number of anilines is 1. The lowest BCUT2D eigenvalue weighted by Gasteiger charge is -2.25. The van der Waals surface area contributed by atoms with Crippen LogP contribution in [0.2, 0.25) is 0 Å². The van der Waals surface area contributed by atoms with Crippen molar-refractivity contribution in [2.24, 2.45) is 5.41 Å². The van der Waals surface area contributed by atoms with E-state index in [1.165, 1.54) is 18.4 Å². The monoisotopic (exact) mass is 262 g/mol. The van der Waals surface area contributed by atoms with Gasteiger partial charge in [-0.2, -0.15) is 0 Å². The molecule has 0 fully saturated rings. The zero-order valence-corrected chi connectivity index (χ0v) is 11.9. The van der Waals surface area contributed by atoms with Crippen LogP contribution < -0.4 is 10.6 Å². The number of hydrogen-bond acceptors (Lipinski definition) is 4. The molecule has 5 heteroatoms. The molecule has 104 valence electrons. The molecule has 0 radical (unpaired) electrons. The zero-order chi connectivity index (χ0) is 13.9. The van der Waals surface area contributed by atoms with Crippen molar-refractivity contribution in [2.45, 2.75) is 39.5 Å². The summed E-state index contributed by atoms with van der Waals surface area (Å²) in [6.45, 7) is 4.41. The van der Waals surface area contributed by atoms with Crippen LogP contribution in [0.5, 0.6) is 0 Å². The molecule has 0 atom stereocenters. The topological polar surface area (TPSA) is 66.9 Å². The highest BCUT2D eigenvalue weighted by Gasteiger charge is 2.27. The van der Waals surface area contributed by atoms with Gasteiger partial charge in [-0.25, -0.2) is 9.97 Å². The highest BCUT2D eigenvalue weighted by molar-refractivity contribution is 5.82. The van der Waals surface area contributed by atoms with Gasteiger partial charge in [0.25, 0.3) is 0 Å². The molecule has 1 aliphatic rings. The molecule has 1 aromatic rings. The lowest BCUT2D eigenvalue weighted by Crippen LogP contribution is -2.39. The van der Waals surface area contributed by atoms with Crippen LogP contribution in [-0.4, -0.2) is 29.5 Å². The average molecular weight is 262 g/mol. The van der Waals surface area contributed by atoms with Crippen LogP contribution in [0.3, 0.4) is 0 Å². The van der Waals surface area contributed by atoms with E-state index in [1.807, 2.05) is 13.8 Å². The SMILES string of the molecule is CNC(=O)C(C)(C)CNc1ncnc2c1CCCC2. The fourth-order valence-electron chi connectivity index (χ4n) is 2.40. The van der Waals surface area contributed by atoms with Gasteiger partial charge in [0.1, 0.15) is 12.1 Å². The van der Waals surface area contributed by atoms with Crippen molar-refractivity contribution in [3.63, 3.8) is 0 Å². The molecular formula is C14H22N4O.